The molecule has 0 saturated carbocycles. The Bertz CT molecular complexity index is 175. The fourth-order valence-corrected chi connectivity index (χ4v) is 1.65. The highest BCUT2D eigenvalue weighted by Gasteiger charge is 2.23. The van der Waals surface area contributed by atoms with Crippen molar-refractivity contribution < 1.29 is 9.47 Å². The van der Waals surface area contributed by atoms with Crippen molar-refractivity contribution in [1.82, 2.24) is 0 Å². The van der Waals surface area contributed by atoms with Crippen molar-refractivity contribution in [3.05, 3.63) is 11.6 Å². The Morgan fingerprint density at radius 3 is 2.86 bits per heavy atom. The van der Waals surface area contributed by atoms with E-state index < -0.39 is 0 Å². The van der Waals surface area contributed by atoms with Crippen LogP contribution in [0.2, 0.25) is 0 Å². The van der Waals surface area contributed by atoms with Crippen LogP contribution in [0.3, 0.4) is 0 Å². The highest BCUT2D eigenvalue weighted by atomic mass is 16.7. The van der Waals surface area contributed by atoms with Gasteiger partial charge in [-0.3, -0.25) is 0 Å². The van der Waals surface area contributed by atoms with Crippen LogP contribution in [-0.2, 0) is 9.47 Å². The van der Waals surface area contributed by atoms with Crippen LogP contribution in [-0.4, -0.2) is 20.5 Å². The van der Waals surface area contributed by atoms with Gasteiger partial charge in [-0.1, -0.05) is 37.8 Å². The molecule has 82 valence electrons. The Morgan fingerprint density at radius 2 is 2.14 bits per heavy atom. The largest absolute Gasteiger partial charge is 0.359 e. The number of methoxy groups -OCH3 is 1. The Morgan fingerprint density at radius 1 is 1.29 bits per heavy atom. The van der Waals surface area contributed by atoms with Gasteiger partial charge < -0.3 is 9.47 Å². The Kier molecular flexibility index (Phi) is 5.88. The Hall–Kier alpha value is -0.340. The molecule has 0 N–H and O–H groups in total. The van der Waals surface area contributed by atoms with Crippen molar-refractivity contribution in [2.75, 3.05) is 20.5 Å². The molecule has 0 aromatic rings. The summed E-state index contributed by atoms with van der Waals surface area (Å²) in [5.41, 5.74) is 1.59. The third-order valence-corrected chi connectivity index (χ3v) is 2.60. The maximum atomic E-state index is 5.29. The summed E-state index contributed by atoms with van der Waals surface area (Å²) in [6.45, 7) is 3.49. The molecule has 1 aliphatic carbocycles. The van der Waals surface area contributed by atoms with Gasteiger partial charge in [-0.15, -0.1) is 0 Å². The van der Waals surface area contributed by atoms with Crippen LogP contribution in [0.5, 0.6) is 0 Å². The summed E-state index contributed by atoms with van der Waals surface area (Å²) in [6, 6.07) is 0. The summed E-state index contributed by atoms with van der Waals surface area (Å²) in [5.74, 6) is 0.631. The van der Waals surface area contributed by atoms with Crippen LogP contribution in [0, 0.1) is 5.92 Å². The fraction of sp³-hybridized carbons (Fsp3) is 0.833. The van der Waals surface area contributed by atoms with Crippen molar-refractivity contribution in [3.8, 4) is 0 Å². The molecule has 1 atom stereocenters. The topological polar surface area (TPSA) is 18.5 Å². The van der Waals surface area contributed by atoms with E-state index in [0.717, 1.165) is 6.61 Å². The minimum absolute atomic E-state index is 0.424. The number of ether oxygens (including phenoxy) is 2. The number of rotatable bonds is 9. The highest BCUT2D eigenvalue weighted by Crippen LogP contribution is 2.33. The molecule has 0 aliphatic heterocycles. The first-order chi connectivity index (χ1) is 6.88. The average molecular weight is 198 g/mol. The first-order valence-electron chi connectivity index (χ1n) is 5.65. The van der Waals surface area contributed by atoms with E-state index in [0.29, 0.717) is 12.7 Å². The quantitative estimate of drug-likeness (QED) is 0.322. The van der Waals surface area contributed by atoms with Gasteiger partial charge in [0.15, 0.2) is 0 Å². The van der Waals surface area contributed by atoms with Gasteiger partial charge in [0, 0.05) is 13.0 Å². The lowest BCUT2D eigenvalue weighted by Gasteiger charge is -2.02. The molecule has 0 fully saturated rings. The summed E-state index contributed by atoms with van der Waals surface area (Å²) in [7, 11) is 1.66. The normalized spacial score (nSPS) is 19.6. The zero-order valence-corrected chi connectivity index (χ0v) is 9.42. The molecule has 1 rings (SSSR count). The van der Waals surface area contributed by atoms with Gasteiger partial charge >= 0.3 is 0 Å². The molecule has 1 aliphatic rings. The first-order valence-corrected chi connectivity index (χ1v) is 5.65. The Balaban J connectivity index is 1.84. The van der Waals surface area contributed by atoms with E-state index in [1.807, 2.05) is 0 Å². The van der Waals surface area contributed by atoms with Crippen molar-refractivity contribution in [1.29, 1.82) is 0 Å². The fourth-order valence-electron chi connectivity index (χ4n) is 1.65. The molecule has 0 spiro atoms. The SMILES string of the molecule is CCCCCCC1=CC1COCOC. The zero-order valence-electron chi connectivity index (χ0n) is 9.42. The summed E-state index contributed by atoms with van der Waals surface area (Å²) in [5, 5.41) is 0. The molecule has 2 nitrogen and oxygen atoms in total. The van der Waals surface area contributed by atoms with Gasteiger partial charge in [-0.05, 0) is 12.8 Å². The van der Waals surface area contributed by atoms with Crippen LogP contribution < -0.4 is 0 Å². The highest BCUT2D eigenvalue weighted by molar-refractivity contribution is 5.29. The predicted octanol–water partition coefficient (Wildman–Crippen LogP) is 3.13. The van der Waals surface area contributed by atoms with Crippen LogP contribution in [0.15, 0.2) is 11.6 Å². The van der Waals surface area contributed by atoms with Crippen LogP contribution in [0.1, 0.15) is 39.0 Å². The van der Waals surface area contributed by atoms with E-state index in [9.17, 15) is 0 Å². The molecule has 0 bridgehead atoms. The van der Waals surface area contributed by atoms with Crippen molar-refractivity contribution in [3.63, 3.8) is 0 Å². The van der Waals surface area contributed by atoms with Crippen LogP contribution >= 0.6 is 0 Å². The number of hydrogen-bond donors (Lipinski definition) is 0. The second-order valence-electron chi connectivity index (χ2n) is 3.94. The predicted molar refractivity (Wildman–Crippen MR) is 58.2 cm³/mol. The second-order valence-corrected chi connectivity index (χ2v) is 3.94. The molecule has 14 heavy (non-hydrogen) atoms. The van der Waals surface area contributed by atoms with Gasteiger partial charge in [0.25, 0.3) is 0 Å². The third-order valence-electron chi connectivity index (χ3n) is 2.60. The van der Waals surface area contributed by atoms with Crippen LogP contribution in [0.4, 0.5) is 0 Å². The molecule has 0 radical (unpaired) electrons. The molecule has 2 heteroatoms. The van der Waals surface area contributed by atoms with E-state index in [2.05, 4.69) is 13.0 Å². The standard InChI is InChI=1S/C12H22O2/c1-3-4-5-6-7-11-8-12(11)9-14-10-13-2/h8,12H,3-7,9-10H2,1-2H3. The molecule has 0 saturated heterocycles. The minimum Gasteiger partial charge on any atom is -0.359 e. The summed E-state index contributed by atoms with van der Waals surface area (Å²) in [4.78, 5) is 0. The van der Waals surface area contributed by atoms with E-state index in [1.165, 1.54) is 32.1 Å². The monoisotopic (exact) mass is 198 g/mol. The third kappa shape index (κ3) is 4.77. The van der Waals surface area contributed by atoms with Gasteiger partial charge in [0.1, 0.15) is 6.79 Å². The zero-order chi connectivity index (χ0) is 10.2. The van der Waals surface area contributed by atoms with Crippen LogP contribution in [0.25, 0.3) is 0 Å². The van der Waals surface area contributed by atoms with Gasteiger partial charge in [-0.25, -0.2) is 0 Å². The summed E-state index contributed by atoms with van der Waals surface area (Å²) in [6.07, 6.45) is 9.01. The second kappa shape index (κ2) is 7.02. The lowest BCUT2D eigenvalue weighted by molar-refractivity contribution is -0.0330. The maximum Gasteiger partial charge on any atom is 0.146 e. The Labute approximate surface area is 87.3 Å². The number of unbranched alkanes of at least 4 members (excludes halogenated alkanes) is 3. The van der Waals surface area contributed by atoms with E-state index in [1.54, 1.807) is 12.7 Å². The molecular weight excluding hydrogens is 176 g/mol. The molecule has 0 aromatic heterocycles. The van der Waals surface area contributed by atoms with E-state index in [4.69, 9.17) is 9.47 Å². The van der Waals surface area contributed by atoms with Crippen molar-refractivity contribution in [2.45, 2.75) is 39.0 Å². The molecule has 0 heterocycles. The lowest BCUT2D eigenvalue weighted by Crippen LogP contribution is -2.01. The van der Waals surface area contributed by atoms with Crippen molar-refractivity contribution >= 4 is 0 Å². The smallest absolute Gasteiger partial charge is 0.146 e. The molecule has 0 aromatic carbocycles. The molecule has 1 unspecified atom stereocenters. The number of hydrogen-bond acceptors (Lipinski definition) is 2. The van der Waals surface area contributed by atoms with E-state index >= 15 is 0 Å². The van der Waals surface area contributed by atoms with Gasteiger partial charge in [0.2, 0.25) is 0 Å². The van der Waals surface area contributed by atoms with Gasteiger partial charge in [0.05, 0.1) is 6.61 Å². The van der Waals surface area contributed by atoms with Crippen molar-refractivity contribution in [2.24, 2.45) is 5.92 Å². The summed E-state index contributed by atoms with van der Waals surface area (Å²) < 4.78 is 10.1. The molecule has 0 amide bonds. The van der Waals surface area contributed by atoms with Gasteiger partial charge in [-0.2, -0.15) is 0 Å². The van der Waals surface area contributed by atoms with E-state index in [-0.39, 0.29) is 0 Å². The maximum absolute atomic E-state index is 5.29. The minimum atomic E-state index is 0.424. The average Bonchev–Trinajstić information content (AvgIpc) is 2.92. The first kappa shape index (κ1) is 11.7. The summed E-state index contributed by atoms with van der Waals surface area (Å²) >= 11 is 0. The molecular formula is C12H22O2. The lowest BCUT2D eigenvalue weighted by atomic mass is 10.1.